The van der Waals surface area contributed by atoms with Gasteiger partial charge in [0, 0.05) is 10.7 Å². The average molecular weight is 251 g/mol. The largest absolute Gasteiger partial charge is 0.268 e. The van der Waals surface area contributed by atoms with Gasteiger partial charge >= 0.3 is 0 Å². The van der Waals surface area contributed by atoms with E-state index in [1.165, 1.54) is 5.56 Å². The monoisotopic (exact) mass is 250 g/mol. The highest BCUT2D eigenvalue weighted by Gasteiger charge is 1.96. The van der Waals surface area contributed by atoms with Gasteiger partial charge in [-0.05, 0) is 30.7 Å². The van der Waals surface area contributed by atoms with Crippen molar-refractivity contribution in [3.63, 3.8) is 0 Å². The molecule has 72 valence electrons. The molecule has 2 nitrogen and oxygen atoms in total. The standard InChI is InChI=1S/C11H11BrN2/c1-9-6-7-14(13-9)8-10-2-4-11(12)5-3-10/h2-7H,8H2,1H3. The molecule has 1 aromatic carbocycles. The lowest BCUT2D eigenvalue weighted by Gasteiger charge is -2.01. The Morgan fingerprint density at radius 1 is 1.21 bits per heavy atom. The number of hydrogen-bond donors (Lipinski definition) is 0. The Bertz CT molecular complexity index is 417. The lowest BCUT2D eigenvalue weighted by molar-refractivity contribution is 0.679. The van der Waals surface area contributed by atoms with Gasteiger partial charge in [-0.15, -0.1) is 0 Å². The molecule has 0 amide bonds. The van der Waals surface area contributed by atoms with Crippen LogP contribution in [0.15, 0.2) is 41.0 Å². The van der Waals surface area contributed by atoms with Crippen LogP contribution in [0.1, 0.15) is 11.3 Å². The topological polar surface area (TPSA) is 17.8 Å². The van der Waals surface area contributed by atoms with E-state index in [2.05, 4.69) is 33.2 Å². The molecule has 2 rings (SSSR count). The first-order chi connectivity index (χ1) is 6.74. The van der Waals surface area contributed by atoms with Crippen molar-refractivity contribution in [2.75, 3.05) is 0 Å². The lowest BCUT2D eigenvalue weighted by Crippen LogP contribution is -1.99. The summed E-state index contributed by atoms with van der Waals surface area (Å²) in [7, 11) is 0. The Labute approximate surface area is 91.7 Å². The first-order valence-corrected chi connectivity index (χ1v) is 5.28. The predicted octanol–water partition coefficient (Wildman–Crippen LogP) is 3.00. The van der Waals surface area contributed by atoms with Crippen molar-refractivity contribution in [3.05, 3.63) is 52.3 Å². The van der Waals surface area contributed by atoms with E-state index >= 15 is 0 Å². The molecule has 0 bridgehead atoms. The van der Waals surface area contributed by atoms with E-state index in [1.54, 1.807) is 0 Å². The smallest absolute Gasteiger partial charge is 0.0659 e. The number of benzene rings is 1. The lowest BCUT2D eigenvalue weighted by atomic mass is 10.2. The van der Waals surface area contributed by atoms with Crippen LogP contribution in [0.5, 0.6) is 0 Å². The van der Waals surface area contributed by atoms with Gasteiger partial charge in [0.05, 0.1) is 12.2 Å². The highest BCUT2D eigenvalue weighted by molar-refractivity contribution is 9.10. The summed E-state index contributed by atoms with van der Waals surface area (Å²) in [5.41, 5.74) is 2.32. The maximum Gasteiger partial charge on any atom is 0.0659 e. The highest BCUT2D eigenvalue weighted by Crippen LogP contribution is 2.11. The van der Waals surface area contributed by atoms with Crippen LogP contribution in [0.3, 0.4) is 0 Å². The van der Waals surface area contributed by atoms with Crippen molar-refractivity contribution in [1.82, 2.24) is 9.78 Å². The van der Waals surface area contributed by atoms with Gasteiger partial charge in [-0.1, -0.05) is 28.1 Å². The molecule has 0 aliphatic carbocycles. The molecule has 0 saturated carbocycles. The fraction of sp³-hybridized carbons (Fsp3) is 0.182. The SMILES string of the molecule is Cc1ccn(Cc2ccc(Br)cc2)n1. The molecule has 0 unspecified atom stereocenters. The molecule has 1 heterocycles. The average Bonchev–Trinajstić information content (AvgIpc) is 2.56. The van der Waals surface area contributed by atoms with Crippen molar-refractivity contribution in [1.29, 1.82) is 0 Å². The third kappa shape index (κ3) is 2.23. The maximum absolute atomic E-state index is 4.33. The molecule has 0 aliphatic heterocycles. The molecule has 2 aromatic rings. The second-order valence-corrected chi connectivity index (χ2v) is 4.20. The van der Waals surface area contributed by atoms with Crippen molar-refractivity contribution in [2.45, 2.75) is 13.5 Å². The zero-order valence-corrected chi connectivity index (χ0v) is 9.53. The predicted molar refractivity (Wildman–Crippen MR) is 60.2 cm³/mol. The minimum absolute atomic E-state index is 0.834. The molecule has 0 radical (unpaired) electrons. The number of nitrogens with zero attached hydrogens (tertiary/aromatic N) is 2. The first kappa shape index (κ1) is 9.46. The van der Waals surface area contributed by atoms with E-state index in [-0.39, 0.29) is 0 Å². The van der Waals surface area contributed by atoms with Crippen molar-refractivity contribution < 1.29 is 0 Å². The molecule has 14 heavy (non-hydrogen) atoms. The summed E-state index contributed by atoms with van der Waals surface area (Å²) >= 11 is 3.41. The van der Waals surface area contributed by atoms with Gasteiger partial charge in [-0.2, -0.15) is 5.10 Å². The Morgan fingerprint density at radius 2 is 1.93 bits per heavy atom. The fourth-order valence-electron chi connectivity index (χ4n) is 1.33. The number of rotatable bonds is 2. The zero-order valence-electron chi connectivity index (χ0n) is 7.94. The molecular formula is C11H11BrN2. The summed E-state index contributed by atoms with van der Waals surface area (Å²) in [4.78, 5) is 0. The Hall–Kier alpha value is -1.09. The van der Waals surface area contributed by atoms with Gasteiger partial charge in [0.25, 0.3) is 0 Å². The Kier molecular flexibility index (Phi) is 2.68. The molecule has 0 atom stereocenters. The summed E-state index contributed by atoms with van der Waals surface area (Å²) in [6.07, 6.45) is 2.00. The minimum Gasteiger partial charge on any atom is -0.268 e. The molecule has 0 spiro atoms. The Balaban J connectivity index is 2.15. The van der Waals surface area contributed by atoms with Gasteiger partial charge in [-0.25, -0.2) is 0 Å². The quantitative estimate of drug-likeness (QED) is 0.802. The third-order valence-corrected chi connectivity index (χ3v) is 2.56. The number of halogens is 1. The second-order valence-electron chi connectivity index (χ2n) is 3.28. The summed E-state index contributed by atoms with van der Waals surface area (Å²) in [6, 6.07) is 10.3. The van der Waals surface area contributed by atoms with Crippen molar-refractivity contribution >= 4 is 15.9 Å². The van der Waals surface area contributed by atoms with Crippen LogP contribution >= 0.6 is 15.9 Å². The van der Waals surface area contributed by atoms with Gasteiger partial charge in [-0.3, -0.25) is 4.68 Å². The van der Waals surface area contributed by atoms with Crippen molar-refractivity contribution in [2.24, 2.45) is 0 Å². The van der Waals surface area contributed by atoms with Crippen LogP contribution in [-0.2, 0) is 6.54 Å². The molecule has 1 aromatic heterocycles. The summed E-state index contributed by atoms with van der Waals surface area (Å²) in [5, 5.41) is 4.33. The van der Waals surface area contributed by atoms with Gasteiger partial charge in [0.2, 0.25) is 0 Å². The molecule has 0 fully saturated rings. The van der Waals surface area contributed by atoms with E-state index in [4.69, 9.17) is 0 Å². The van der Waals surface area contributed by atoms with Gasteiger partial charge < -0.3 is 0 Å². The van der Waals surface area contributed by atoms with Crippen molar-refractivity contribution in [3.8, 4) is 0 Å². The van der Waals surface area contributed by atoms with Crippen LogP contribution in [0.2, 0.25) is 0 Å². The third-order valence-electron chi connectivity index (χ3n) is 2.03. The zero-order chi connectivity index (χ0) is 9.97. The van der Waals surface area contributed by atoms with Crippen LogP contribution in [0, 0.1) is 6.92 Å². The maximum atomic E-state index is 4.33. The number of aryl methyl sites for hydroxylation is 1. The normalized spacial score (nSPS) is 10.4. The van der Waals surface area contributed by atoms with Crippen LogP contribution in [0.4, 0.5) is 0 Å². The first-order valence-electron chi connectivity index (χ1n) is 4.48. The number of aromatic nitrogens is 2. The van der Waals surface area contributed by atoms with E-state index in [0.29, 0.717) is 0 Å². The highest BCUT2D eigenvalue weighted by atomic mass is 79.9. The van der Waals surface area contributed by atoms with E-state index < -0.39 is 0 Å². The molecular weight excluding hydrogens is 240 g/mol. The fourth-order valence-corrected chi connectivity index (χ4v) is 1.59. The summed E-state index contributed by atoms with van der Waals surface area (Å²) < 4.78 is 3.05. The molecule has 3 heteroatoms. The minimum atomic E-state index is 0.834. The molecule has 0 saturated heterocycles. The summed E-state index contributed by atoms with van der Waals surface area (Å²) in [5.74, 6) is 0. The Morgan fingerprint density at radius 3 is 2.50 bits per heavy atom. The summed E-state index contributed by atoms with van der Waals surface area (Å²) in [6.45, 7) is 2.83. The van der Waals surface area contributed by atoms with E-state index in [0.717, 1.165) is 16.7 Å². The van der Waals surface area contributed by atoms with Crippen LogP contribution in [-0.4, -0.2) is 9.78 Å². The van der Waals surface area contributed by atoms with Crippen LogP contribution < -0.4 is 0 Å². The number of hydrogen-bond acceptors (Lipinski definition) is 1. The van der Waals surface area contributed by atoms with Crippen LogP contribution in [0.25, 0.3) is 0 Å². The second kappa shape index (κ2) is 3.96. The van der Waals surface area contributed by atoms with E-state index in [1.807, 2.05) is 36.0 Å². The van der Waals surface area contributed by atoms with E-state index in [9.17, 15) is 0 Å². The van der Waals surface area contributed by atoms with Gasteiger partial charge in [0.15, 0.2) is 0 Å². The van der Waals surface area contributed by atoms with Gasteiger partial charge in [0.1, 0.15) is 0 Å². The molecule has 0 N–H and O–H groups in total. The molecule has 0 aliphatic rings.